The molecule has 2 aliphatic heterocycles. The number of hydrogen-bond acceptors (Lipinski definition) is 4. The predicted molar refractivity (Wildman–Crippen MR) is 127 cm³/mol. The molecule has 6 nitrogen and oxygen atoms in total. The van der Waals surface area contributed by atoms with Gasteiger partial charge in [-0.05, 0) is 54.3 Å². The summed E-state index contributed by atoms with van der Waals surface area (Å²) in [5.41, 5.74) is -5.08. The van der Waals surface area contributed by atoms with Gasteiger partial charge in [-0.25, -0.2) is 8.78 Å². The van der Waals surface area contributed by atoms with E-state index in [2.05, 4.69) is 10.2 Å². The van der Waals surface area contributed by atoms with E-state index in [0.29, 0.717) is 13.5 Å². The van der Waals surface area contributed by atoms with Gasteiger partial charge in [-0.2, -0.15) is 22.0 Å². The van der Waals surface area contributed by atoms with Crippen LogP contribution in [0.3, 0.4) is 0 Å². The van der Waals surface area contributed by atoms with Crippen molar-refractivity contribution in [1.82, 2.24) is 19.7 Å². The van der Waals surface area contributed by atoms with Crippen molar-refractivity contribution in [2.75, 3.05) is 18.0 Å². The molecule has 2 aliphatic rings. The highest BCUT2D eigenvalue weighted by molar-refractivity contribution is 6.10. The zero-order chi connectivity index (χ0) is 28.3. The molecule has 5 rings (SSSR count). The first kappa shape index (κ1) is 27.1. The highest BCUT2D eigenvalue weighted by Gasteiger charge is 2.57. The molecule has 0 bridgehead atoms. The van der Waals surface area contributed by atoms with Crippen LogP contribution in [-0.2, 0) is 37.9 Å². The number of halogens is 7. The Morgan fingerprint density at radius 3 is 2.44 bits per heavy atom. The molecule has 3 heterocycles. The second kappa shape index (κ2) is 9.32. The first-order chi connectivity index (χ1) is 18.2. The minimum atomic E-state index is -4.78. The van der Waals surface area contributed by atoms with Gasteiger partial charge in [0.05, 0.1) is 12.1 Å². The number of carbonyl (C=O) groups is 1. The normalized spacial score (nSPS) is 20.0. The van der Waals surface area contributed by atoms with Gasteiger partial charge in [0.15, 0.2) is 0 Å². The second-order valence-electron chi connectivity index (χ2n) is 10.1. The molecule has 208 valence electrons. The van der Waals surface area contributed by atoms with Crippen LogP contribution >= 0.6 is 0 Å². The summed E-state index contributed by atoms with van der Waals surface area (Å²) in [6.45, 7) is 0.692. The summed E-state index contributed by atoms with van der Waals surface area (Å²) in [6.07, 6.45) is -4.56. The predicted octanol–water partition coefficient (Wildman–Crippen LogP) is 5.51. The van der Waals surface area contributed by atoms with Gasteiger partial charge in [-0.1, -0.05) is 12.1 Å². The Kier molecular flexibility index (Phi) is 6.47. The number of anilines is 1. The minimum absolute atomic E-state index is 0.0386. The highest BCUT2D eigenvalue weighted by atomic mass is 19.4. The van der Waals surface area contributed by atoms with Crippen LogP contribution in [0.5, 0.6) is 0 Å². The Morgan fingerprint density at radius 2 is 1.82 bits per heavy atom. The van der Waals surface area contributed by atoms with Gasteiger partial charge < -0.3 is 9.47 Å². The number of benzene rings is 2. The van der Waals surface area contributed by atoms with Crippen molar-refractivity contribution in [3.05, 3.63) is 76.4 Å². The largest absolute Gasteiger partial charge is 0.416 e. The van der Waals surface area contributed by atoms with Crippen molar-refractivity contribution in [1.29, 1.82) is 0 Å². The number of carbonyl (C=O) groups excluding carboxylic acids is 1. The van der Waals surface area contributed by atoms with E-state index in [1.807, 2.05) is 0 Å². The van der Waals surface area contributed by atoms with Crippen LogP contribution in [0.2, 0.25) is 0 Å². The number of amides is 1. The van der Waals surface area contributed by atoms with Crippen LogP contribution in [0.15, 0.2) is 42.7 Å². The third kappa shape index (κ3) is 4.66. The lowest BCUT2D eigenvalue weighted by molar-refractivity contribution is -0.149. The molecule has 13 heteroatoms. The summed E-state index contributed by atoms with van der Waals surface area (Å²) >= 11 is 0. The van der Waals surface area contributed by atoms with Crippen molar-refractivity contribution < 1.29 is 35.5 Å². The smallest absolute Gasteiger partial charge is 0.316 e. The van der Waals surface area contributed by atoms with Crippen LogP contribution < -0.4 is 4.90 Å². The molecule has 1 saturated heterocycles. The number of rotatable bonds is 6. The fourth-order valence-corrected chi connectivity index (χ4v) is 5.13. The molecule has 1 fully saturated rings. The molecular formula is C26H24F7N5O. The fraction of sp³-hybridized carbons (Fsp3) is 0.423. The van der Waals surface area contributed by atoms with Gasteiger partial charge in [0.25, 0.3) is 5.91 Å². The van der Waals surface area contributed by atoms with Crippen LogP contribution in [-0.4, -0.2) is 44.8 Å². The summed E-state index contributed by atoms with van der Waals surface area (Å²) in [5, 5.41) is 6.71. The summed E-state index contributed by atoms with van der Waals surface area (Å²) in [4.78, 5) is 16.0. The minimum Gasteiger partial charge on any atom is -0.316 e. The Hall–Kier alpha value is -3.48. The SMILES string of the molecule is Cn1cnnc1C(F)(F)[C@](C)(F)c1cccc(N2Cc3c(cc(CN4CC[C@@H](F)C4)cc3C(F)(F)F)C2=O)c1. The van der Waals surface area contributed by atoms with Crippen molar-refractivity contribution >= 4 is 11.6 Å². The van der Waals surface area contributed by atoms with E-state index in [1.165, 1.54) is 25.2 Å². The van der Waals surface area contributed by atoms with Crippen LogP contribution in [0.1, 0.15) is 51.8 Å². The first-order valence-corrected chi connectivity index (χ1v) is 12.1. The highest BCUT2D eigenvalue weighted by Crippen LogP contribution is 2.48. The number of aryl methyl sites for hydroxylation is 1. The maximum Gasteiger partial charge on any atom is 0.416 e. The molecule has 3 aromatic rings. The third-order valence-electron chi connectivity index (χ3n) is 7.31. The fourth-order valence-electron chi connectivity index (χ4n) is 5.13. The van der Waals surface area contributed by atoms with E-state index in [0.717, 1.165) is 34.0 Å². The number of fused-ring (bicyclic) bond motifs is 1. The first-order valence-electron chi connectivity index (χ1n) is 12.1. The number of aromatic nitrogens is 3. The van der Waals surface area contributed by atoms with E-state index in [1.54, 1.807) is 4.90 Å². The van der Waals surface area contributed by atoms with E-state index in [-0.39, 0.29) is 41.9 Å². The Bertz CT molecular complexity index is 1420. The molecule has 1 amide bonds. The summed E-state index contributed by atoms with van der Waals surface area (Å²) < 4.78 is 103. The van der Waals surface area contributed by atoms with E-state index in [4.69, 9.17) is 0 Å². The van der Waals surface area contributed by atoms with Gasteiger partial charge in [0.2, 0.25) is 11.5 Å². The number of alkyl halides is 7. The van der Waals surface area contributed by atoms with Gasteiger partial charge in [0, 0.05) is 37.9 Å². The standard InChI is InChI=1S/C26H24F7N5O/c1-24(28,25(29,30)23-35-34-14-36(23)2)16-4-3-5-18(10-16)38-13-20-19(22(38)39)8-15(9-21(20)26(31,32)33)11-37-7-6-17(27)12-37/h3-5,8-10,14,17H,6-7,11-13H2,1-2H3/t17-,24-/m1/s1. The lowest BCUT2D eigenvalue weighted by Gasteiger charge is -2.30. The summed E-state index contributed by atoms with van der Waals surface area (Å²) in [6, 6.07) is 7.02. The van der Waals surface area contributed by atoms with Crippen LogP contribution in [0, 0.1) is 0 Å². The summed E-state index contributed by atoms with van der Waals surface area (Å²) in [5.74, 6) is -5.82. The van der Waals surface area contributed by atoms with Gasteiger partial charge in [-0.3, -0.25) is 9.69 Å². The lowest BCUT2D eigenvalue weighted by atomic mass is 9.90. The third-order valence-corrected chi connectivity index (χ3v) is 7.31. The summed E-state index contributed by atoms with van der Waals surface area (Å²) in [7, 11) is 1.24. The molecule has 0 saturated carbocycles. The molecule has 0 radical (unpaired) electrons. The molecular weight excluding hydrogens is 531 g/mol. The van der Waals surface area contributed by atoms with Gasteiger partial charge in [-0.15, -0.1) is 10.2 Å². The molecule has 2 aromatic carbocycles. The van der Waals surface area contributed by atoms with E-state index >= 15 is 13.2 Å². The number of likely N-dealkylation sites (tertiary alicyclic amines) is 1. The number of nitrogens with zero attached hydrogens (tertiary/aromatic N) is 5. The maximum absolute atomic E-state index is 15.8. The zero-order valence-corrected chi connectivity index (χ0v) is 20.9. The molecule has 0 unspecified atom stereocenters. The molecule has 0 aliphatic carbocycles. The second-order valence-corrected chi connectivity index (χ2v) is 10.1. The van der Waals surface area contributed by atoms with E-state index in [9.17, 15) is 22.4 Å². The molecule has 39 heavy (non-hydrogen) atoms. The molecule has 0 N–H and O–H groups in total. The zero-order valence-electron chi connectivity index (χ0n) is 20.9. The van der Waals surface area contributed by atoms with Crippen LogP contribution in [0.4, 0.5) is 36.4 Å². The Morgan fingerprint density at radius 1 is 1.08 bits per heavy atom. The average Bonchev–Trinajstić information content (AvgIpc) is 3.57. The van der Waals surface area contributed by atoms with Gasteiger partial charge in [0.1, 0.15) is 12.5 Å². The topological polar surface area (TPSA) is 54.3 Å². The Labute approximate surface area is 219 Å². The quantitative estimate of drug-likeness (QED) is 0.377. The molecule has 2 atom stereocenters. The van der Waals surface area contributed by atoms with Crippen molar-refractivity contribution in [2.45, 2.75) is 50.4 Å². The van der Waals surface area contributed by atoms with Crippen molar-refractivity contribution in [3.8, 4) is 0 Å². The average molecular weight is 555 g/mol. The van der Waals surface area contributed by atoms with Crippen molar-refractivity contribution in [3.63, 3.8) is 0 Å². The van der Waals surface area contributed by atoms with Crippen LogP contribution in [0.25, 0.3) is 0 Å². The van der Waals surface area contributed by atoms with Crippen molar-refractivity contribution in [2.24, 2.45) is 7.05 Å². The monoisotopic (exact) mass is 555 g/mol. The maximum atomic E-state index is 15.8. The number of hydrogen-bond donors (Lipinski definition) is 0. The lowest BCUT2D eigenvalue weighted by Crippen LogP contribution is -2.39. The van der Waals surface area contributed by atoms with E-state index < -0.39 is 53.3 Å². The Balaban J connectivity index is 1.49. The molecule has 1 aromatic heterocycles. The van der Waals surface area contributed by atoms with Gasteiger partial charge >= 0.3 is 12.1 Å². The molecule has 0 spiro atoms.